The van der Waals surface area contributed by atoms with Crippen molar-refractivity contribution in [1.82, 2.24) is 0 Å². The number of benzene rings is 3. The van der Waals surface area contributed by atoms with Gasteiger partial charge in [-0.05, 0) is 46.2 Å². The summed E-state index contributed by atoms with van der Waals surface area (Å²) in [4.78, 5) is 9.03. The monoisotopic (exact) mass is 478 g/mol. The summed E-state index contributed by atoms with van der Waals surface area (Å²) in [5.41, 5.74) is 3.18. The molecule has 0 heterocycles. The van der Waals surface area contributed by atoms with Gasteiger partial charge < -0.3 is 10.2 Å². The molecule has 36 heavy (non-hydrogen) atoms. The number of phenolic OH excluding ortho intramolecular Hbond substituents is 2. The van der Waals surface area contributed by atoms with Crippen LogP contribution in [-0.2, 0) is 10.8 Å². The highest BCUT2D eigenvalue weighted by atomic mass is 16.3. The Balaban J connectivity index is 2.11. The molecule has 6 nitrogen and oxygen atoms in total. The molecule has 3 rings (SSSR count). The molecule has 0 aromatic heterocycles. The summed E-state index contributed by atoms with van der Waals surface area (Å²) in [6.07, 6.45) is 3.04. The number of phenols is 2. The van der Waals surface area contributed by atoms with Crippen molar-refractivity contribution in [1.29, 1.82) is 10.5 Å². The van der Waals surface area contributed by atoms with Gasteiger partial charge in [-0.15, -0.1) is 0 Å². The first-order valence-corrected chi connectivity index (χ1v) is 11.6. The third kappa shape index (κ3) is 5.62. The lowest BCUT2D eigenvalue weighted by molar-refractivity contribution is 0.445. The lowest BCUT2D eigenvalue weighted by Crippen LogP contribution is -2.11. The minimum absolute atomic E-state index is 0.136. The summed E-state index contributed by atoms with van der Waals surface area (Å²) < 4.78 is 0. The van der Waals surface area contributed by atoms with Gasteiger partial charge in [-0.2, -0.15) is 10.5 Å². The van der Waals surface area contributed by atoms with Crippen molar-refractivity contribution in [3.8, 4) is 23.6 Å². The number of nitrogens with zero attached hydrogens (tertiary/aromatic N) is 4. The van der Waals surface area contributed by atoms with E-state index in [1.807, 2.05) is 77.9 Å². The third-order valence-electron chi connectivity index (χ3n) is 5.79. The smallest absolute Gasteiger partial charge is 0.128 e. The maximum Gasteiger partial charge on any atom is 0.128 e. The van der Waals surface area contributed by atoms with Crippen molar-refractivity contribution in [2.24, 2.45) is 9.98 Å². The van der Waals surface area contributed by atoms with E-state index in [2.05, 4.69) is 9.98 Å². The van der Waals surface area contributed by atoms with E-state index in [0.29, 0.717) is 22.5 Å². The van der Waals surface area contributed by atoms with E-state index in [-0.39, 0.29) is 33.5 Å². The Bertz CT molecular complexity index is 1330. The topological polar surface area (TPSA) is 113 Å². The molecule has 2 N–H and O–H groups in total. The molecule has 0 aliphatic rings. The fourth-order valence-corrected chi connectivity index (χ4v) is 3.79. The van der Waals surface area contributed by atoms with Crippen molar-refractivity contribution >= 4 is 23.8 Å². The molecule has 0 aliphatic carbocycles. The number of hydrogen-bond donors (Lipinski definition) is 2. The Hall–Kier alpha value is -4.42. The van der Waals surface area contributed by atoms with E-state index < -0.39 is 0 Å². The molecule has 0 saturated carbocycles. The highest BCUT2D eigenvalue weighted by molar-refractivity contribution is 5.90. The molecular weight excluding hydrogens is 448 g/mol. The molecule has 0 saturated heterocycles. The maximum atomic E-state index is 10.8. The van der Waals surface area contributed by atoms with Crippen LogP contribution in [0.25, 0.3) is 0 Å². The van der Waals surface area contributed by atoms with Crippen LogP contribution in [0.15, 0.2) is 58.5 Å². The number of nitriles is 2. The minimum atomic E-state index is -0.255. The van der Waals surface area contributed by atoms with E-state index in [4.69, 9.17) is 0 Å². The van der Waals surface area contributed by atoms with Crippen LogP contribution < -0.4 is 0 Å². The number of aliphatic imine (C=N–C) groups is 2. The van der Waals surface area contributed by atoms with Gasteiger partial charge in [0.05, 0.1) is 22.5 Å². The molecule has 0 atom stereocenters. The molecule has 0 aliphatic heterocycles. The SMILES string of the molecule is CC(C)(C)c1cccc(C=Nc2cc(C#N)c(C#N)cc2N=Cc2cccc(C(C)(C)C)c2O)c1O. The Labute approximate surface area is 212 Å². The van der Waals surface area contributed by atoms with Crippen molar-refractivity contribution in [3.63, 3.8) is 0 Å². The number of hydrogen-bond acceptors (Lipinski definition) is 6. The quantitative estimate of drug-likeness (QED) is 0.395. The third-order valence-corrected chi connectivity index (χ3v) is 5.79. The first-order chi connectivity index (χ1) is 16.9. The van der Waals surface area contributed by atoms with Crippen molar-refractivity contribution in [2.45, 2.75) is 52.4 Å². The second kappa shape index (κ2) is 10.1. The van der Waals surface area contributed by atoms with Crippen LogP contribution >= 0.6 is 0 Å². The summed E-state index contributed by atoms with van der Waals surface area (Å²) in [7, 11) is 0. The number of aromatic hydroxyl groups is 2. The van der Waals surface area contributed by atoms with Crippen LogP contribution in [0.3, 0.4) is 0 Å². The summed E-state index contributed by atoms with van der Waals surface area (Å²) in [6.45, 7) is 12.1. The van der Waals surface area contributed by atoms with Crippen LogP contribution in [0.2, 0.25) is 0 Å². The zero-order chi connectivity index (χ0) is 26.7. The predicted octanol–water partition coefficient (Wildman–Crippen LogP) is 6.94. The van der Waals surface area contributed by atoms with Crippen molar-refractivity contribution in [3.05, 3.63) is 81.9 Å². The van der Waals surface area contributed by atoms with E-state index in [1.165, 1.54) is 24.6 Å². The van der Waals surface area contributed by atoms with Crippen molar-refractivity contribution in [2.75, 3.05) is 0 Å². The van der Waals surface area contributed by atoms with E-state index >= 15 is 0 Å². The van der Waals surface area contributed by atoms with Crippen molar-refractivity contribution < 1.29 is 10.2 Å². The van der Waals surface area contributed by atoms with Gasteiger partial charge in [-0.25, -0.2) is 0 Å². The fourth-order valence-electron chi connectivity index (χ4n) is 3.79. The highest BCUT2D eigenvalue weighted by Gasteiger charge is 2.20. The molecule has 0 spiro atoms. The number of rotatable bonds is 4. The molecule has 0 fully saturated rings. The molecule has 0 amide bonds. The zero-order valence-electron chi connectivity index (χ0n) is 21.5. The van der Waals surface area contributed by atoms with Gasteiger partial charge in [0.2, 0.25) is 0 Å². The highest BCUT2D eigenvalue weighted by Crippen LogP contribution is 2.36. The van der Waals surface area contributed by atoms with Crippen LogP contribution in [-0.4, -0.2) is 22.6 Å². The Kier molecular flexibility index (Phi) is 7.32. The van der Waals surface area contributed by atoms with E-state index in [1.54, 1.807) is 12.1 Å². The maximum absolute atomic E-state index is 10.8. The van der Waals surface area contributed by atoms with Gasteiger partial charge in [0, 0.05) is 23.6 Å². The summed E-state index contributed by atoms with van der Waals surface area (Å²) >= 11 is 0. The van der Waals surface area contributed by atoms with E-state index in [0.717, 1.165) is 11.1 Å². The average molecular weight is 479 g/mol. The first kappa shape index (κ1) is 26.2. The molecule has 3 aromatic carbocycles. The Morgan fingerprint density at radius 1 is 0.667 bits per heavy atom. The first-order valence-electron chi connectivity index (χ1n) is 11.6. The fraction of sp³-hybridized carbons (Fsp3) is 0.267. The van der Waals surface area contributed by atoms with Gasteiger partial charge in [0.1, 0.15) is 23.6 Å². The molecule has 0 radical (unpaired) electrons. The van der Waals surface area contributed by atoms with Gasteiger partial charge in [-0.3, -0.25) is 9.98 Å². The second-order valence-electron chi connectivity index (χ2n) is 10.6. The van der Waals surface area contributed by atoms with Gasteiger partial charge >= 0.3 is 0 Å². The molecule has 6 heteroatoms. The largest absolute Gasteiger partial charge is 0.507 e. The van der Waals surface area contributed by atoms with Gasteiger partial charge in [0.15, 0.2) is 0 Å². The van der Waals surface area contributed by atoms with Crippen LogP contribution in [0.1, 0.15) is 74.9 Å². The van der Waals surface area contributed by atoms with Crippen LogP contribution in [0, 0.1) is 22.7 Å². The standard InChI is InChI=1S/C30H30N4O2/c1-29(2,3)23-11-7-9-19(27(23)35)17-33-25-13-21(15-31)22(16-32)14-26(25)34-18-20-10-8-12-24(28(20)36)30(4,5)6/h7-14,17-18,35-36H,1-6H3. The lowest BCUT2D eigenvalue weighted by atomic mass is 9.85. The van der Waals surface area contributed by atoms with Crippen LogP contribution in [0.5, 0.6) is 11.5 Å². The summed E-state index contributed by atoms with van der Waals surface area (Å²) in [6, 6.07) is 18.0. The molecule has 182 valence electrons. The Morgan fingerprint density at radius 2 is 1.03 bits per heavy atom. The lowest BCUT2D eigenvalue weighted by Gasteiger charge is -2.21. The second-order valence-corrected chi connectivity index (χ2v) is 10.6. The number of para-hydroxylation sites is 2. The minimum Gasteiger partial charge on any atom is -0.507 e. The molecule has 0 unspecified atom stereocenters. The zero-order valence-corrected chi connectivity index (χ0v) is 21.5. The predicted molar refractivity (Wildman–Crippen MR) is 144 cm³/mol. The normalized spacial score (nSPS) is 12.1. The van der Waals surface area contributed by atoms with Gasteiger partial charge in [0.25, 0.3) is 0 Å². The summed E-state index contributed by atoms with van der Waals surface area (Å²) in [5, 5.41) is 40.6. The van der Waals surface area contributed by atoms with Crippen LogP contribution in [0.4, 0.5) is 11.4 Å². The van der Waals surface area contributed by atoms with E-state index in [9.17, 15) is 20.7 Å². The molecule has 3 aromatic rings. The molecule has 0 bridgehead atoms. The average Bonchev–Trinajstić information content (AvgIpc) is 2.81. The molecular formula is C30H30N4O2. The van der Waals surface area contributed by atoms with Gasteiger partial charge in [-0.1, -0.05) is 65.8 Å². The Morgan fingerprint density at radius 3 is 1.33 bits per heavy atom. The summed E-state index contributed by atoms with van der Waals surface area (Å²) in [5.74, 6) is 0.272.